The van der Waals surface area contributed by atoms with Crippen LogP contribution in [0.15, 0.2) is 0 Å². The van der Waals surface area contributed by atoms with Gasteiger partial charge >= 0.3 is 5.97 Å². The Morgan fingerprint density at radius 2 is 2.17 bits per heavy atom. The predicted molar refractivity (Wildman–Crippen MR) is 62.1 cm³/mol. The minimum atomic E-state index is -0.903. The van der Waals surface area contributed by atoms with Gasteiger partial charge < -0.3 is 19.5 Å². The van der Waals surface area contributed by atoms with Crippen molar-refractivity contribution in [2.24, 2.45) is 0 Å². The standard InChI is InChI=1S/C12H19NO5/c1-8-2-3-10(18-8)12(16)13-4-5-17-9(7-13)6-11(14)15/h8-10H,2-7H2,1H3,(H,14,15)/t8-,9+,10-/m1/s1. The fourth-order valence-electron chi connectivity index (χ4n) is 2.43. The predicted octanol–water partition coefficient (Wildman–Crippen LogP) is 0.256. The molecule has 2 aliphatic rings. The molecule has 2 saturated heterocycles. The van der Waals surface area contributed by atoms with Crippen LogP contribution in [-0.4, -0.2) is 59.9 Å². The van der Waals surface area contributed by atoms with Gasteiger partial charge in [-0.05, 0) is 19.8 Å². The van der Waals surface area contributed by atoms with Crippen molar-refractivity contribution in [3.63, 3.8) is 0 Å². The zero-order valence-electron chi connectivity index (χ0n) is 10.5. The maximum absolute atomic E-state index is 12.2. The van der Waals surface area contributed by atoms with Gasteiger partial charge in [-0.25, -0.2) is 0 Å². The Labute approximate surface area is 106 Å². The Morgan fingerprint density at radius 1 is 1.39 bits per heavy atom. The quantitative estimate of drug-likeness (QED) is 0.784. The molecule has 0 aromatic rings. The monoisotopic (exact) mass is 257 g/mol. The summed E-state index contributed by atoms with van der Waals surface area (Å²) in [7, 11) is 0. The summed E-state index contributed by atoms with van der Waals surface area (Å²) in [6, 6.07) is 0. The van der Waals surface area contributed by atoms with Crippen LogP contribution in [0.4, 0.5) is 0 Å². The number of hydrogen-bond donors (Lipinski definition) is 1. The van der Waals surface area contributed by atoms with Gasteiger partial charge in [0, 0.05) is 13.1 Å². The molecule has 2 fully saturated rings. The highest BCUT2D eigenvalue weighted by Crippen LogP contribution is 2.22. The number of carboxylic acid groups (broad SMARTS) is 1. The maximum Gasteiger partial charge on any atom is 0.306 e. The highest BCUT2D eigenvalue weighted by atomic mass is 16.5. The number of hydrogen-bond acceptors (Lipinski definition) is 4. The van der Waals surface area contributed by atoms with E-state index in [1.807, 2.05) is 6.92 Å². The van der Waals surface area contributed by atoms with Crippen molar-refractivity contribution < 1.29 is 24.2 Å². The minimum Gasteiger partial charge on any atom is -0.481 e. The molecule has 0 aliphatic carbocycles. The smallest absolute Gasteiger partial charge is 0.306 e. The second-order valence-electron chi connectivity index (χ2n) is 4.89. The van der Waals surface area contributed by atoms with Crippen molar-refractivity contribution in [1.82, 2.24) is 4.90 Å². The molecular formula is C12H19NO5. The van der Waals surface area contributed by atoms with E-state index < -0.39 is 12.1 Å². The molecule has 0 unspecified atom stereocenters. The molecule has 0 bridgehead atoms. The molecule has 2 aliphatic heterocycles. The van der Waals surface area contributed by atoms with Gasteiger partial charge in [0.1, 0.15) is 6.10 Å². The largest absolute Gasteiger partial charge is 0.481 e. The van der Waals surface area contributed by atoms with Gasteiger partial charge in [-0.15, -0.1) is 0 Å². The number of carboxylic acids is 1. The van der Waals surface area contributed by atoms with Gasteiger partial charge in [0.25, 0.3) is 5.91 Å². The van der Waals surface area contributed by atoms with E-state index in [4.69, 9.17) is 14.6 Å². The first-order chi connectivity index (χ1) is 8.56. The zero-order chi connectivity index (χ0) is 13.1. The number of carbonyl (C=O) groups is 2. The van der Waals surface area contributed by atoms with Gasteiger partial charge in [-0.1, -0.05) is 0 Å². The summed E-state index contributed by atoms with van der Waals surface area (Å²) in [6.07, 6.45) is 0.962. The molecule has 6 nitrogen and oxygen atoms in total. The molecule has 2 heterocycles. The molecule has 0 radical (unpaired) electrons. The lowest BCUT2D eigenvalue weighted by molar-refractivity contribution is -0.154. The third kappa shape index (κ3) is 3.20. The summed E-state index contributed by atoms with van der Waals surface area (Å²) in [6.45, 7) is 3.22. The van der Waals surface area contributed by atoms with Crippen molar-refractivity contribution >= 4 is 11.9 Å². The van der Waals surface area contributed by atoms with Crippen LogP contribution in [0.25, 0.3) is 0 Å². The van der Waals surface area contributed by atoms with Gasteiger partial charge in [0.2, 0.25) is 0 Å². The van der Waals surface area contributed by atoms with Crippen LogP contribution in [0.5, 0.6) is 0 Å². The molecular weight excluding hydrogens is 238 g/mol. The number of amides is 1. The van der Waals surface area contributed by atoms with Crippen LogP contribution >= 0.6 is 0 Å². The molecule has 1 amide bonds. The van der Waals surface area contributed by atoms with Crippen molar-refractivity contribution in [3.8, 4) is 0 Å². The number of aliphatic carboxylic acids is 1. The Bertz CT molecular complexity index is 332. The van der Waals surface area contributed by atoms with E-state index in [0.717, 1.165) is 12.8 Å². The first kappa shape index (κ1) is 13.3. The molecule has 2 rings (SSSR count). The van der Waals surface area contributed by atoms with Crippen LogP contribution in [0.2, 0.25) is 0 Å². The maximum atomic E-state index is 12.2. The van der Waals surface area contributed by atoms with Crippen molar-refractivity contribution in [2.75, 3.05) is 19.7 Å². The van der Waals surface area contributed by atoms with Gasteiger partial charge in [-0.3, -0.25) is 9.59 Å². The fraction of sp³-hybridized carbons (Fsp3) is 0.833. The van der Waals surface area contributed by atoms with Crippen molar-refractivity contribution in [2.45, 2.75) is 44.5 Å². The first-order valence-electron chi connectivity index (χ1n) is 6.34. The molecule has 3 atom stereocenters. The molecule has 0 aromatic heterocycles. The highest BCUT2D eigenvalue weighted by molar-refractivity contribution is 5.81. The molecule has 102 valence electrons. The second-order valence-corrected chi connectivity index (χ2v) is 4.89. The average Bonchev–Trinajstić information content (AvgIpc) is 2.74. The number of carbonyl (C=O) groups excluding carboxylic acids is 1. The van der Waals surface area contributed by atoms with E-state index in [1.54, 1.807) is 4.90 Å². The summed E-state index contributed by atoms with van der Waals surface area (Å²) in [4.78, 5) is 24.5. The normalized spacial score (nSPS) is 32.5. The summed E-state index contributed by atoms with van der Waals surface area (Å²) in [5.41, 5.74) is 0. The van der Waals surface area contributed by atoms with Crippen LogP contribution in [0.1, 0.15) is 26.2 Å². The topological polar surface area (TPSA) is 76.1 Å². The van der Waals surface area contributed by atoms with Crippen LogP contribution in [-0.2, 0) is 19.1 Å². The molecule has 0 saturated carbocycles. The Hall–Kier alpha value is -1.14. The van der Waals surface area contributed by atoms with Gasteiger partial charge in [0.15, 0.2) is 0 Å². The van der Waals surface area contributed by atoms with Crippen molar-refractivity contribution in [3.05, 3.63) is 0 Å². The minimum absolute atomic E-state index is 0.0296. The van der Waals surface area contributed by atoms with E-state index in [1.165, 1.54) is 0 Å². The van der Waals surface area contributed by atoms with Crippen LogP contribution < -0.4 is 0 Å². The lowest BCUT2D eigenvalue weighted by Gasteiger charge is -2.33. The lowest BCUT2D eigenvalue weighted by atomic mass is 10.1. The molecule has 1 N–H and O–H groups in total. The summed E-state index contributed by atoms with van der Waals surface area (Å²) < 4.78 is 10.9. The summed E-state index contributed by atoms with van der Waals surface area (Å²) in [5.74, 6) is -0.932. The summed E-state index contributed by atoms with van der Waals surface area (Å²) in [5, 5.41) is 8.73. The Kier molecular flexibility index (Phi) is 4.19. The number of nitrogens with zero attached hydrogens (tertiary/aromatic N) is 1. The zero-order valence-corrected chi connectivity index (χ0v) is 10.5. The SMILES string of the molecule is C[C@@H]1CC[C@H](C(=O)N2CCO[C@@H](CC(=O)O)C2)O1. The number of ether oxygens (including phenoxy) is 2. The van der Waals surface area contributed by atoms with Gasteiger partial charge in [0.05, 0.1) is 25.2 Å². The van der Waals surface area contributed by atoms with E-state index >= 15 is 0 Å². The first-order valence-corrected chi connectivity index (χ1v) is 6.34. The van der Waals surface area contributed by atoms with E-state index in [2.05, 4.69) is 0 Å². The lowest BCUT2D eigenvalue weighted by Crippen LogP contribution is -2.49. The number of rotatable bonds is 3. The third-order valence-electron chi connectivity index (χ3n) is 3.36. The third-order valence-corrected chi connectivity index (χ3v) is 3.36. The number of morpholine rings is 1. The fourth-order valence-corrected chi connectivity index (χ4v) is 2.43. The van der Waals surface area contributed by atoms with Crippen LogP contribution in [0.3, 0.4) is 0 Å². The molecule has 0 spiro atoms. The van der Waals surface area contributed by atoms with Crippen LogP contribution in [0, 0.1) is 0 Å². The van der Waals surface area contributed by atoms with Gasteiger partial charge in [-0.2, -0.15) is 0 Å². The average molecular weight is 257 g/mol. The second kappa shape index (κ2) is 5.67. The van der Waals surface area contributed by atoms with E-state index in [9.17, 15) is 9.59 Å². The summed E-state index contributed by atoms with van der Waals surface area (Å²) >= 11 is 0. The molecule has 18 heavy (non-hydrogen) atoms. The van der Waals surface area contributed by atoms with E-state index in [0.29, 0.717) is 19.7 Å². The molecule has 0 aromatic carbocycles. The highest BCUT2D eigenvalue weighted by Gasteiger charge is 2.34. The van der Waals surface area contributed by atoms with Crippen molar-refractivity contribution in [1.29, 1.82) is 0 Å². The van der Waals surface area contributed by atoms with E-state index in [-0.39, 0.29) is 24.5 Å². The molecule has 6 heteroatoms. The Morgan fingerprint density at radius 3 is 2.78 bits per heavy atom. The Balaban J connectivity index is 1.88.